The third-order valence-corrected chi connectivity index (χ3v) is 0.349. The quantitative estimate of drug-likeness (QED) is 0.357. The third-order valence-electron chi connectivity index (χ3n) is 0.349. The number of nitrogens with two attached hydrogens (primary N) is 2. The fourth-order valence-corrected chi connectivity index (χ4v) is 0. The second-order valence-electron chi connectivity index (χ2n) is 1.20. The van der Waals surface area contributed by atoms with Gasteiger partial charge < -0.3 is 24.5 Å². The SMILES string of the molecule is NCC(=O)O.NCC(=O)O.[H-].[H-].[Mg+2]. The number of hydrogen-bond acceptors (Lipinski definition) is 4. The monoisotopic (exact) mass is 176 g/mol. The van der Waals surface area contributed by atoms with Crippen LogP contribution >= 0.6 is 0 Å². The van der Waals surface area contributed by atoms with Crippen molar-refractivity contribution in [3.05, 3.63) is 0 Å². The number of carboxylic acid groups (broad SMARTS) is 2. The Morgan fingerprint density at radius 1 is 1.09 bits per heavy atom. The summed E-state index contributed by atoms with van der Waals surface area (Å²) in [5.41, 5.74) is 9.14. The molecule has 6 N–H and O–H groups in total. The maximum Gasteiger partial charge on any atom is 2.00 e. The first-order valence-electron chi connectivity index (χ1n) is 2.38. The molecule has 0 radical (unpaired) electrons. The Hall–Kier alpha value is -0.374. The van der Waals surface area contributed by atoms with Gasteiger partial charge in [0.2, 0.25) is 0 Å². The van der Waals surface area contributed by atoms with Gasteiger partial charge in [0.15, 0.2) is 0 Å². The standard InChI is InChI=1S/2C2H5NO2.Mg.2H/c2*3-1-2(4)5;;;/h2*1,3H2,(H,4,5);;;/q;;+2;2*-1. The van der Waals surface area contributed by atoms with E-state index in [-0.39, 0.29) is 39.0 Å². The van der Waals surface area contributed by atoms with Crippen LogP contribution in [-0.2, 0) is 9.59 Å². The van der Waals surface area contributed by atoms with E-state index in [0.29, 0.717) is 0 Å². The molecule has 0 aromatic heterocycles. The number of carboxylic acids is 2. The molecule has 0 amide bonds. The van der Waals surface area contributed by atoms with Crippen molar-refractivity contribution in [3.63, 3.8) is 0 Å². The van der Waals surface area contributed by atoms with Crippen LogP contribution in [0.3, 0.4) is 0 Å². The van der Waals surface area contributed by atoms with Gasteiger partial charge in [-0.15, -0.1) is 0 Å². The molecule has 0 aliphatic rings. The minimum atomic E-state index is -0.968. The molecular weight excluding hydrogens is 164 g/mol. The largest absolute Gasteiger partial charge is 2.00 e. The fraction of sp³-hybridized carbons (Fsp3) is 0.500. The van der Waals surface area contributed by atoms with Crippen molar-refractivity contribution in [2.45, 2.75) is 0 Å². The van der Waals surface area contributed by atoms with Gasteiger partial charge in [0.05, 0.1) is 13.1 Å². The summed E-state index contributed by atoms with van der Waals surface area (Å²) in [5, 5.41) is 15.2. The Bertz CT molecular complexity index is 113. The number of hydrogen-bond donors (Lipinski definition) is 4. The van der Waals surface area contributed by atoms with Gasteiger partial charge in [-0.05, 0) is 0 Å². The summed E-state index contributed by atoms with van der Waals surface area (Å²) in [4.78, 5) is 18.5. The van der Waals surface area contributed by atoms with Crippen molar-refractivity contribution in [1.82, 2.24) is 0 Å². The second-order valence-corrected chi connectivity index (χ2v) is 1.20. The Balaban J connectivity index is -0.0000000267. The Kier molecular flexibility index (Phi) is 19.0. The summed E-state index contributed by atoms with van der Waals surface area (Å²) in [7, 11) is 0. The van der Waals surface area contributed by atoms with E-state index in [1.165, 1.54) is 0 Å². The summed E-state index contributed by atoms with van der Waals surface area (Å²) >= 11 is 0. The van der Waals surface area contributed by atoms with Crippen LogP contribution in [-0.4, -0.2) is 58.3 Å². The topological polar surface area (TPSA) is 127 Å². The van der Waals surface area contributed by atoms with Gasteiger partial charge >= 0.3 is 35.0 Å². The van der Waals surface area contributed by atoms with Crippen LogP contribution in [0.5, 0.6) is 0 Å². The van der Waals surface area contributed by atoms with Gasteiger partial charge in [0.25, 0.3) is 0 Å². The molecular formula is C4H12MgN2O4. The maximum absolute atomic E-state index is 9.24. The Labute approximate surface area is 82.7 Å². The maximum atomic E-state index is 9.24. The third kappa shape index (κ3) is 42.6. The van der Waals surface area contributed by atoms with Crippen LogP contribution < -0.4 is 11.5 Å². The average Bonchev–Trinajstić information content (AvgIpc) is 1.89. The van der Waals surface area contributed by atoms with Gasteiger partial charge in [-0.2, -0.15) is 0 Å². The molecule has 0 rings (SSSR count). The van der Waals surface area contributed by atoms with Crippen molar-refractivity contribution < 1.29 is 22.7 Å². The van der Waals surface area contributed by atoms with Crippen molar-refractivity contribution >= 4 is 35.0 Å². The average molecular weight is 176 g/mol. The van der Waals surface area contributed by atoms with E-state index in [1.54, 1.807) is 0 Å². The number of rotatable bonds is 2. The minimum absolute atomic E-state index is 0. The van der Waals surface area contributed by atoms with Crippen LogP contribution in [0.1, 0.15) is 2.85 Å². The van der Waals surface area contributed by atoms with Crippen LogP contribution in [0.15, 0.2) is 0 Å². The minimum Gasteiger partial charge on any atom is -1.00 e. The van der Waals surface area contributed by atoms with Crippen LogP contribution in [0.2, 0.25) is 0 Å². The Morgan fingerprint density at radius 2 is 1.18 bits per heavy atom. The van der Waals surface area contributed by atoms with Gasteiger partial charge in [-0.25, -0.2) is 0 Å². The van der Waals surface area contributed by atoms with Crippen molar-refractivity contribution in [1.29, 1.82) is 0 Å². The number of carbonyl (C=O) groups is 2. The van der Waals surface area contributed by atoms with E-state index < -0.39 is 11.9 Å². The zero-order valence-electron chi connectivity index (χ0n) is 7.99. The molecule has 64 valence electrons. The second kappa shape index (κ2) is 12.3. The first kappa shape index (κ1) is 16.9. The molecule has 11 heavy (non-hydrogen) atoms. The normalized spacial score (nSPS) is 6.73. The molecule has 7 heteroatoms. The van der Waals surface area contributed by atoms with Gasteiger partial charge in [-0.1, -0.05) is 0 Å². The first-order chi connectivity index (χ1) is 4.54. The summed E-state index contributed by atoms with van der Waals surface area (Å²) in [6, 6.07) is 0. The van der Waals surface area contributed by atoms with Gasteiger partial charge in [0, 0.05) is 0 Å². The molecule has 0 aliphatic carbocycles. The van der Waals surface area contributed by atoms with Crippen LogP contribution in [0.4, 0.5) is 0 Å². The molecule has 6 nitrogen and oxygen atoms in total. The Morgan fingerprint density at radius 3 is 1.18 bits per heavy atom. The summed E-state index contributed by atoms with van der Waals surface area (Å²) in [6.45, 7) is -0.556. The van der Waals surface area contributed by atoms with Gasteiger partial charge in [0.1, 0.15) is 0 Å². The van der Waals surface area contributed by atoms with Crippen molar-refractivity contribution in [2.75, 3.05) is 13.1 Å². The zero-order chi connectivity index (χ0) is 8.57. The predicted molar refractivity (Wildman–Crippen MR) is 41.4 cm³/mol. The van der Waals surface area contributed by atoms with E-state index in [4.69, 9.17) is 10.2 Å². The summed E-state index contributed by atoms with van der Waals surface area (Å²) in [6.07, 6.45) is 0. The molecule has 0 aromatic rings. The molecule has 0 aromatic carbocycles. The molecule has 0 spiro atoms. The molecule has 0 saturated heterocycles. The first-order valence-corrected chi connectivity index (χ1v) is 2.38. The molecule has 0 saturated carbocycles. The van der Waals surface area contributed by atoms with Crippen molar-refractivity contribution in [3.8, 4) is 0 Å². The number of aliphatic carboxylic acids is 2. The molecule has 0 heterocycles. The van der Waals surface area contributed by atoms with E-state index in [1.807, 2.05) is 0 Å². The summed E-state index contributed by atoms with van der Waals surface area (Å²) < 4.78 is 0. The molecule has 0 unspecified atom stereocenters. The smallest absolute Gasteiger partial charge is 1.00 e. The van der Waals surface area contributed by atoms with E-state index in [0.717, 1.165) is 0 Å². The zero-order valence-corrected chi connectivity index (χ0v) is 7.40. The van der Waals surface area contributed by atoms with E-state index in [2.05, 4.69) is 11.5 Å². The predicted octanol–water partition coefficient (Wildman–Crippen LogP) is -2.10. The van der Waals surface area contributed by atoms with Crippen molar-refractivity contribution in [2.24, 2.45) is 11.5 Å². The van der Waals surface area contributed by atoms with Crippen LogP contribution in [0.25, 0.3) is 0 Å². The van der Waals surface area contributed by atoms with E-state index in [9.17, 15) is 9.59 Å². The van der Waals surface area contributed by atoms with Crippen LogP contribution in [0, 0.1) is 0 Å². The van der Waals surface area contributed by atoms with E-state index >= 15 is 0 Å². The molecule has 0 aliphatic heterocycles. The molecule has 0 atom stereocenters. The molecule has 0 fully saturated rings. The molecule has 0 bridgehead atoms. The fourth-order valence-electron chi connectivity index (χ4n) is 0. The summed E-state index contributed by atoms with van der Waals surface area (Å²) in [5.74, 6) is -1.94. The van der Waals surface area contributed by atoms with Gasteiger partial charge in [-0.3, -0.25) is 9.59 Å².